The summed E-state index contributed by atoms with van der Waals surface area (Å²) in [5.74, 6) is 0.0539. The van der Waals surface area contributed by atoms with Gasteiger partial charge in [-0.1, -0.05) is 17.7 Å². The van der Waals surface area contributed by atoms with Crippen molar-refractivity contribution in [1.29, 1.82) is 0 Å². The van der Waals surface area contributed by atoms with Gasteiger partial charge in [0.25, 0.3) is 5.56 Å². The second kappa shape index (κ2) is 9.89. The van der Waals surface area contributed by atoms with E-state index in [2.05, 4.69) is 10.3 Å². The molecule has 1 amide bonds. The summed E-state index contributed by atoms with van der Waals surface area (Å²) in [5, 5.41) is 3.11. The number of nitrogens with one attached hydrogen (secondary N) is 1. The van der Waals surface area contributed by atoms with Crippen LogP contribution in [0.5, 0.6) is 0 Å². The molecule has 1 aliphatic rings. The van der Waals surface area contributed by atoms with Crippen molar-refractivity contribution in [2.24, 2.45) is 20.0 Å². The Hall–Kier alpha value is -3.86. The lowest BCUT2D eigenvalue weighted by Crippen LogP contribution is -2.44. The minimum atomic E-state index is -0.547. The molecule has 1 unspecified atom stereocenters. The van der Waals surface area contributed by atoms with Gasteiger partial charge >= 0.3 is 5.69 Å². The third-order valence-electron chi connectivity index (χ3n) is 6.80. The zero-order chi connectivity index (χ0) is 26.3. The first kappa shape index (κ1) is 24.8. The molecule has 4 aromatic rings. The van der Waals surface area contributed by atoms with Crippen molar-refractivity contribution in [3.63, 3.8) is 0 Å². The maximum atomic E-state index is 14.8. The number of anilines is 1. The van der Waals surface area contributed by atoms with Crippen LogP contribution >= 0.6 is 11.6 Å². The second-order valence-corrected chi connectivity index (χ2v) is 9.57. The number of aryl methyl sites for hydroxylation is 1. The number of nitrogens with zero attached hydrogens (tertiary/aromatic N) is 5. The molecule has 1 saturated heterocycles. The van der Waals surface area contributed by atoms with Crippen LogP contribution in [-0.4, -0.2) is 37.7 Å². The van der Waals surface area contributed by atoms with Crippen LogP contribution < -0.4 is 21.5 Å². The summed E-state index contributed by atoms with van der Waals surface area (Å²) >= 11 is 6.32. The van der Waals surface area contributed by atoms with Crippen LogP contribution in [0, 0.1) is 11.7 Å². The number of aromatic nitrogens is 4. The molecule has 1 N–H and O–H groups in total. The van der Waals surface area contributed by atoms with Crippen molar-refractivity contribution in [2.75, 3.05) is 18.0 Å². The van der Waals surface area contributed by atoms with Gasteiger partial charge in [0.1, 0.15) is 11.6 Å². The molecule has 12 heteroatoms. The summed E-state index contributed by atoms with van der Waals surface area (Å²) in [5.41, 5.74) is -0.533. The number of carbonyl (C=O) groups is 1. The Bertz CT molecular complexity index is 1570. The SMILES string of the molecule is Cn1c(=O)c2c(nc(N3CCCC(C(=O)NCc4ccco4)C3)n2Cc2c(F)cccc2Cl)n(C)c1=O. The number of carbonyl (C=O) groups excluding carboxylic acids is 1. The Kier molecular flexibility index (Phi) is 6.63. The van der Waals surface area contributed by atoms with E-state index in [-0.39, 0.29) is 46.7 Å². The lowest BCUT2D eigenvalue weighted by atomic mass is 9.97. The number of hydrogen-bond donors (Lipinski definition) is 1. The number of imidazole rings is 1. The first-order valence-corrected chi connectivity index (χ1v) is 12.3. The van der Waals surface area contributed by atoms with Crippen LogP contribution in [-0.2, 0) is 32.0 Å². The largest absolute Gasteiger partial charge is 0.467 e. The molecule has 1 atom stereocenters. The van der Waals surface area contributed by atoms with Gasteiger partial charge < -0.3 is 14.6 Å². The van der Waals surface area contributed by atoms with Gasteiger partial charge in [0.15, 0.2) is 11.2 Å². The van der Waals surface area contributed by atoms with E-state index in [0.29, 0.717) is 37.6 Å². The molecule has 194 valence electrons. The molecule has 1 fully saturated rings. The zero-order valence-corrected chi connectivity index (χ0v) is 21.2. The van der Waals surface area contributed by atoms with E-state index in [1.54, 1.807) is 29.0 Å². The molecule has 10 nitrogen and oxygen atoms in total. The molecule has 5 rings (SSSR count). The third-order valence-corrected chi connectivity index (χ3v) is 7.15. The van der Waals surface area contributed by atoms with Crippen LogP contribution in [0.15, 0.2) is 50.6 Å². The fraction of sp³-hybridized carbons (Fsp3) is 0.360. The van der Waals surface area contributed by atoms with Crippen molar-refractivity contribution in [3.05, 3.63) is 79.6 Å². The van der Waals surface area contributed by atoms with Gasteiger partial charge in [-0.25, -0.2) is 9.18 Å². The van der Waals surface area contributed by atoms with Crippen LogP contribution in [0.1, 0.15) is 24.2 Å². The Morgan fingerprint density at radius 2 is 2.03 bits per heavy atom. The number of halogens is 2. The number of fused-ring (bicyclic) bond motifs is 1. The molecule has 37 heavy (non-hydrogen) atoms. The highest BCUT2D eigenvalue weighted by Crippen LogP contribution is 2.29. The second-order valence-electron chi connectivity index (χ2n) is 9.16. The number of benzene rings is 1. The number of amides is 1. The van der Waals surface area contributed by atoms with Gasteiger partial charge in [-0.2, -0.15) is 4.98 Å². The average Bonchev–Trinajstić information content (AvgIpc) is 3.55. The van der Waals surface area contributed by atoms with E-state index in [4.69, 9.17) is 16.0 Å². The molecule has 0 saturated carbocycles. The van der Waals surface area contributed by atoms with E-state index >= 15 is 0 Å². The first-order valence-electron chi connectivity index (χ1n) is 11.9. The van der Waals surface area contributed by atoms with Crippen molar-refractivity contribution >= 4 is 34.6 Å². The highest BCUT2D eigenvalue weighted by Gasteiger charge is 2.30. The summed E-state index contributed by atoms with van der Waals surface area (Å²) in [6, 6.07) is 7.93. The minimum Gasteiger partial charge on any atom is -0.467 e. The first-order chi connectivity index (χ1) is 17.8. The molecule has 0 radical (unpaired) electrons. The molecule has 1 aromatic carbocycles. The molecular weight excluding hydrogens is 503 g/mol. The highest BCUT2D eigenvalue weighted by atomic mass is 35.5. The van der Waals surface area contributed by atoms with Crippen LogP contribution in [0.25, 0.3) is 11.2 Å². The Morgan fingerprint density at radius 3 is 2.76 bits per heavy atom. The van der Waals surface area contributed by atoms with Gasteiger partial charge in [-0.15, -0.1) is 0 Å². The quantitative estimate of drug-likeness (QED) is 0.412. The third kappa shape index (κ3) is 4.55. The highest BCUT2D eigenvalue weighted by molar-refractivity contribution is 6.31. The minimum absolute atomic E-state index is 0.0728. The molecule has 0 bridgehead atoms. The Morgan fingerprint density at radius 1 is 1.22 bits per heavy atom. The molecule has 1 aliphatic heterocycles. The summed E-state index contributed by atoms with van der Waals surface area (Å²) in [4.78, 5) is 45.3. The molecule has 0 aliphatic carbocycles. The topological polar surface area (TPSA) is 107 Å². The van der Waals surface area contributed by atoms with Crippen molar-refractivity contribution < 1.29 is 13.6 Å². The lowest BCUT2D eigenvalue weighted by molar-refractivity contribution is -0.125. The predicted molar refractivity (Wildman–Crippen MR) is 136 cm³/mol. The summed E-state index contributed by atoms with van der Waals surface area (Å²) in [6.07, 6.45) is 2.94. The number of furan rings is 1. The fourth-order valence-electron chi connectivity index (χ4n) is 4.77. The van der Waals surface area contributed by atoms with Gasteiger partial charge in [-0.05, 0) is 37.1 Å². The van der Waals surface area contributed by atoms with E-state index in [1.165, 1.54) is 30.8 Å². The van der Waals surface area contributed by atoms with Crippen LogP contribution in [0.3, 0.4) is 0 Å². The lowest BCUT2D eigenvalue weighted by Gasteiger charge is -2.33. The summed E-state index contributed by atoms with van der Waals surface area (Å²) < 4.78 is 23.9. The van der Waals surface area contributed by atoms with Gasteiger partial charge in [0, 0.05) is 37.8 Å². The van der Waals surface area contributed by atoms with Gasteiger partial charge in [-0.3, -0.25) is 23.3 Å². The van der Waals surface area contributed by atoms with E-state index in [9.17, 15) is 18.8 Å². The maximum absolute atomic E-state index is 14.8. The zero-order valence-electron chi connectivity index (χ0n) is 20.4. The predicted octanol–water partition coefficient (Wildman–Crippen LogP) is 2.40. The summed E-state index contributed by atoms with van der Waals surface area (Å²) in [6.45, 7) is 1.12. The van der Waals surface area contributed by atoms with E-state index in [0.717, 1.165) is 4.57 Å². The molecule has 0 spiro atoms. The maximum Gasteiger partial charge on any atom is 0.332 e. The van der Waals surface area contributed by atoms with Crippen LogP contribution in [0.2, 0.25) is 5.02 Å². The fourth-order valence-corrected chi connectivity index (χ4v) is 5.00. The average molecular weight is 529 g/mol. The summed E-state index contributed by atoms with van der Waals surface area (Å²) in [7, 11) is 2.92. The Balaban J connectivity index is 1.55. The Labute approximate surface area is 215 Å². The number of hydrogen-bond acceptors (Lipinski definition) is 6. The van der Waals surface area contributed by atoms with E-state index in [1.807, 2.05) is 4.90 Å². The number of rotatable bonds is 6. The van der Waals surface area contributed by atoms with Crippen molar-refractivity contribution in [1.82, 2.24) is 24.0 Å². The normalized spacial score (nSPS) is 15.9. The molecule has 3 aromatic heterocycles. The van der Waals surface area contributed by atoms with Crippen molar-refractivity contribution in [2.45, 2.75) is 25.9 Å². The van der Waals surface area contributed by atoms with Crippen molar-refractivity contribution in [3.8, 4) is 0 Å². The van der Waals surface area contributed by atoms with E-state index < -0.39 is 17.1 Å². The smallest absolute Gasteiger partial charge is 0.332 e. The van der Waals surface area contributed by atoms with Gasteiger partial charge in [0.05, 0.1) is 25.3 Å². The molecule has 4 heterocycles. The van der Waals surface area contributed by atoms with Crippen LogP contribution in [0.4, 0.5) is 10.3 Å². The number of piperidine rings is 1. The molecular formula is C25H26ClFN6O4. The van der Waals surface area contributed by atoms with Gasteiger partial charge in [0.2, 0.25) is 11.9 Å². The monoisotopic (exact) mass is 528 g/mol. The standard InChI is InChI=1S/C25H26ClFN6O4/c1-30-21-20(23(35)31(2)25(30)36)33(14-17-18(26)8-3-9-19(17)27)24(29-21)32-10-4-6-15(13-32)22(34)28-12-16-7-5-11-37-16/h3,5,7-9,11,15H,4,6,10,12-14H2,1-2H3,(H,28,34).